The second-order valence-corrected chi connectivity index (χ2v) is 8.60. The van der Waals surface area contributed by atoms with Crippen LogP contribution in [0.3, 0.4) is 0 Å². The van der Waals surface area contributed by atoms with Crippen molar-refractivity contribution in [3.05, 3.63) is 59.9 Å². The van der Waals surface area contributed by atoms with E-state index in [0.29, 0.717) is 0 Å². The molecule has 0 fully saturated rings. The molecule has 0 saturated carbocycles. The zero-order chi connectivity index (χ0) is 22.2. The Morgan fingerprint density at radius 3 is 1.90 bits per heavy atom. The summed E-state index contributed by atoms with van der Waals surface area (Å²) in [7, 11) is 0. The lowest BCUT2D eigenvalue weighted by atomic mass is 10.1. The van der Waals surface area contributed by atoms with Gasteiger partial charge in [0.2, 0.25) is 5.69 Å². The molecule has 2 nitrogen and oxygen atoms in total. The molecule has 0 atom stereocenters. The van der Waals surface area contributed by atoms with Crippen LogP contribution >= 0.6 is 0 Å². The van der Waals surface area contributed by atoms with Crippen molar-refractivity contribution in [3.63, 3.8) is 0 Å². The van der Waals surface area contributed by atoms with E-state index in [4.69, 9.17) is 0 Å². The van der Waals surface area contributed by atoms with Gasteiger partial charge in [0.15, 0.2) is 6.20 Å². The summed E-state index contributed by atoms with van der Waals surface area (Å²) in [6.07, 6.45) is 20.6. The number of pyridine rings is 1. The molecule has 2 aromatic rings. The predicted octanol–water partition coefficient (Wildman–Crippen LogP) is 7.91. The Kier molecular flexibility index (Phi) is 12.7. The van der Waals surface area contributed by atoms with Crippen LogP contribution in [0.5, 0.6) is 0 Å². The second kappa shape index (κ2) is 15.7. The van der Waals surface area contributed by atoms with Gasteiger partial charge in [0.1, 0.15) is 6.54 Å². The van der Waals surface area contributed by atoms with E-state index in [2.05, 4.69) is 91.1 Å². The van der Waals surface area contributed by atoms with E-state index in [1.54, 1.807) is 0 Å². The van der Waals surface area contributed by atoms with E-state index in [-0.39, 0.29) is 0 Å². The highest BCUT2D eigenvalue weighted by molar-refractivity contribution is 5.68. The molecule has 1 aromatic carbocycles. The Hall–Kier alpha value is -2.09. The Balaban J connectivity index is 1.76. The highest BCUT2D eigenvalue weighted by Gasteiger charge is 2.06. The normalized spacial score (nSPS) is 11.3. The van der Waals surface area contributed by atoms with Gasteiger partial charge in [-0.3, -0.25) is 0 Å². The molecule has 0 radical (unpaired) electrons. The minimum absolute atomic E-state index is 1.05. The van der Waals surface area contributed by atoms with Crippen LogP contribution in [0.1, 0.15) is 96.2 Å². The average molecular weight is 422 g/mol. The lowest BCUT2D eigenvalue weighted by Gasteiger charge is -2.20. The summed E-state index contributed by atoms with van der Waals surface area (Å²) in [5.41, 5.74) is 3.84. The fourth-order valence-electron chi connectivity index (χ4n) is 4.18. The summed E-state index contributed by atoms with van der Waals surface area (Å²) in [6.45, 7) is 9.91. The number of nitrogens with zero attached hydrogens (tertiary/aromatic N) is 2. The lowest BCUT2D eigenvalue weighted by molar-refractivity contribution is -0.699. The van der Waals surface area contributed by atoms with Crippen molar-refractivity contribution < 1.29 is 4.57 Å². The molecule has 0 saturated heterocycles. The van der Waals surface area contributed by atoms with Gasteiger partial charge < -0.3 is 4.90 Å². The van der Waals surface area contributed by atoms with Crippen molar-refractivity contribution in [3.8, 4) is 0 Å². The molecule has 0 bridgehead atoms. The molecule has 1 aromatic heterocycles. The molecule has 0 N–H and O–H groups in total. The van der Waals surface area contributed by atoms with Gasteiger partial charge in [-0.2, -0.15) is 4.57 Å². The SMILES string of the molecule is CCCCCCCCCCCC[n+]1ccccc1/C=C/c1ccc(N(CC)CC)cc1. The lowest BCUT2D eigenvalue weighted by Crippen LogP contribution is -2.36. The largest absolute Gasteiger partial charge is 0.372 e. The van der Waals surface area contributed by atoms with Gasteiger partial charge in [-0.25, -0.2) is 0 Å². The Morgan fingerprint density at radius 2 is 1.29 bits per heavy atom. The molecule has 0 aliphatic heterocycles. The third-order valence-electron chi connectivity index (χ3n) is 6.20. The van der Waals surface area contributed by atoms with E-state index in [0.717, 1.165) is 19.6 Å². The van der Waals surface area contributed by atoms with Crippen LogP contribution in [0.4, 0.5) is 5.69 Å². The maximum absolute atomic E-state index is 2.39. The van der Waals surface area contributed by atoms with Gasteiger partial charge in [0.05, 0.1) is 0 Å². The second-order valence-electron chi connectivity index (χ2n) is 8.60. The van der Waals surface area contributed by atoms with Gasteiger partial charge in [0.25, 0.3) is 0 Å². The topological polar surface area (TPSA) is 7.12 Å². The molecule has 31 heavy (non-hydrogen) atoms. The molecular weight excluding hydrogens is 376 g/mol. The van der Waals surface area contributed by atoms with Crippen molar-refractivity contribution in [1.29, 1.82) is 0 Å². The Labute approximate surface area is 192 Å². The highest BCUT2D eigenvalue weighted by atomic mass is 15.1. The van der Waals surface area contributed by atoms with Crippen LogP contribution in [0.25, 0.3) is 12.2 Å². The minimum atomic E-state index is 1.05. The summed E-state index contributed by atoms with van der Waals surface area (Å²) < 4.78 is 2.39. The maximum atomic E-state index is 2.39. The number of unbranched alkanes of at least 4 members (excludes halogenated alkanes) is 9. The summed E-state index contributed by atoms with van der Waals surface area (Å²) in [5, 5.41) is 0. The van der Waals surface area contributed by atoms with Crippen molar-refractivity contribution in [2.75, 3.05) is 18.0 Å². The first-order chi connectivity index (χ1) is 15.3. The maximum Gasteiger partial charge on any atom is 0.205 e. The van der Waals surface area contributed by atoms with E-state index < -0.39 is 0 Å². The quantitative estimate of drug-likeness (QED) is 0.197. The molecule has 0 amide bonds. The van der Waals surface area contributed by atoms with Crippen molar-refractivity contribution >= 4 is 17.8 Å². The molecule has 0 aliphatic carbocycles. The van der Waals surface area contributed by atoms with Crippen LogP contribution in [0, 0.1) is 0 Å². The zero-order valence-electron chi connectivity index (χ0n) is 20.4. The van der Waals surface area contributed by atoms with Crippen molar-refractivity contribution in [2.24, 2.45) is 0 Å². The number of anilines is 1. The summed E-state index contributed by atoms with van der Waals surface area (Å²) in [4.78, 5) is 2.38. The Morgan fingerprint density at radius 1 is 0.677 bits per heavy atom. The van der Waals surface area contributed by atoms with Gasteiger partial charge in [-0.15, -0.1) is 0 Å². The predicted molar refractivity (Wildman–Crippen MR) is 137 cm³/mol. The highest BCUT2D eigenvalue weighted by Crippen LogP contribution is 2.16. The van der Waals surface area contributed by atoms with Gasteiger partial charge in [0, 0.05) is 43.4 Å². The van der Waals surface area contributed by atoms with Crippen LogP contribution in [-0.2, 0) is 6.54 Å². The first-order valence-electron chi connectivity index (χ1n) is 12.8. The van der Waals surface area contributed by atoms with Crippen molar-refractivity contribution in [1.82, 2.24) is 0 Å². The van der Waals surface area contributed by atoms with Crippen molar-refractivity contribution in [2.45, 2.75) is 91.5 Å². The van der Waals surface area contributed by atoms with Gasteiger partial charge in [-0.05, 0) is 50.1 Å². The number of aromatic nitrogens is 1. The molecule has 0 aliphatic rings. The van der Waals surface area contributed by atoms with Gasteiger partial charge >= 0.3 is 0 Å². The number of hydrogen-bond acceptors (Lipinski definition) is 1. The molecule has 2 heteroatoms. The fourth-order valence-corrected chi connectivity index (χ4v) is 4.18. The van der Waals surface area contributed by atoms with E-state index >= 15 is 0 Å². The molecule has 0 unspecified atom stereocenters. The monoisotopic (exact) mass is 421 g/mol. The zero-order valence-corrected chi connectivity index (χ0v) is 20.4. The molecular formula is C29H45N2+. The number of rotatable bonds is 16. The third-order valence-corrected chi connectivity index (χ3v) is 6.20. The van der Waals surface area contributed by atoms with E-state index in [1.165, 1.54) is 81.2 Å². The van der Waals surface area contributed by atoms with E-state index in [9.17, 15) is 0 Å². The van der Waals surface area contributed by atoms with Crippen LogP contribution in [-0.4, -0.2) is 13.1 Å². The first-order valence-corrected chi connectivity index (χ1v) is 12.8. The standard InChI is InChI=1S/C29H45N2/c1-4-7-8-9-10-11-12-13-14-16-25-31-26-17-15-18-28(31)22-19-27-20-23-29(24-21-27)30(5-2)6-3/h15,17-24,26H,4-14,16,25H2,1-3H3/q+1. The minimum Gasteiger partial charge on any atom is -0.372 e. The summed E-state index contributed by atoms with van der Waals surface area (Å²) in [6, 6.07) is 15.4. The van der Waals surface area contributed by atoms with E-state index in [1.807, 2.05) is 0 Å². The number of benzene rings is 1. The molecule has 2 rings (SSSR count). The molecule has 1 heterocycles. The first kappa shape index (κ1) is 25.2. The molecule has 170 valence electrons. The smallest absolute Gasteiger partial charge is 0.205 e. The number of aryl methyl sites for hydroxylation is 1. The van der Waals surface area contributed by atoms with Crippen LogP contribution in [0.15, 0.2) is 48.7 Å². The van der Waals surface area contributed by atoms with Crippen LogP contribution < -0.4 is 9.47 Å². The number of hydrogen-bond donors (Lipinski definition) is 0. The third kappa shape index (κ3) is 9.72. The van der Waals surface area contributed by atoms with Crippen LogP contribution in [0.2, 0.25) is 0 Å². The fraction of sp³-hybridized carbons (Fsp3) is 0.552. The Bertz CT molecular complexity index is 729. The molecule has 0 spiro atoms. The summed E-state index contributed by atoms with van der Waals surface area (Å²) >= 11 is 0. The van der Waals surface area contributed by atoms with Gasteiger partial charge in [-0.1, -0.05) is 70.4 Å². The average Bonchev–Trinajstić information content (AvgIpc) is 2.81. The summed E-state index contributed by atoms with van der Waals surface area (Å²) in [5.74, 6) is 0.